The number of fused-ring (bicyclic) bond motifs is 1. The SMILES string of the molecule is CC[C@@H]1C[C@]1(NC(=O)C1CC(OC(=O)N2Cc3cccc(Cl)c3C2)CN1)C(=O)NS(=O)(=O)C1CC1. The van der Waals surface area contributed by atoms with Crippen molar-refractivity contribution in [3.63, 3.8) is 0 Å². The number of carbonyl (C=O) groups excluding carboxylic acids is 3. The van der Waals surface area contributed by atoms with Gasteiger partial charge in [0.05, 0.1) is 17.8 Å². The summed E-state index contributed by atoms with van der Waals surface area (Å²) >= 11 is 6.22. The van der Waals surface area contributed by atoms with E-state index >= 15 is 0 Å². The summed E-state index contributed by atoms with van der Waals surface area (Å²) in [4.78, 5) is 40.1. The Morgan fingerprint density at radius 2 is 2.03 bits per heavy atom. The summed E-state index contributed by atoms with van der Waals surface area (Å²) in [5, 5.41) is 5.94. The number of amides is 3. The van der Waals surface area contributed by atoms with Gasteiger partial charge >= 0.3 is 6.09 Å². The minimum atomic E-state index is -3.71. The third-order valence-electron chi connectivity index (χ3n) is 7.41. The second-order valence-corrected chi connectivity index (χ2v) is 12.2. The Hall–Kier alpha value is -2.37. The molecule has 2 aliphatic heterocycles. The van der Waals surface area contributed by atoms with Crippen LogP contribution in [-0.4, -0.2) is 60.7 Å². The fourth-order valence-electron chi connectivity index (χ4n) is 5.02. The lowest BCUT2D eigenvalue weighted by Gasteiger charge is -2.21. The highest BCUT2D eigenvalue weighted by Crippen LogP contribution is 2.46. The van der Waals surface area contributed by atoms with Crippen molar-refractivity contribution >= 4 is 39.5 Å². The Kier molecular flexibility index (Phi) is 6.21. The van der Waals surface area contributed by atoms with E-state index in [2.05, 4.69) is 15.4 Å². The summed E-state index contributed by atoms with van der Waals surface area (Å²) in [5.41, 5.74) is 0.679. The van der Waals surface area contributed by atoms with Crippen LogP contribution < -0.4 is 15.4 Å². The van der Waals surface area contributed by atoms with Crippen LogP contribution in [0.1, 0.15) is 50.2 Å². The number of halogens is 1. The van der Waals surface area contributed by atoms with Crippen LogP contribution in [0.2, 0.25) is 5.02 Å². The smallest absolute Gasteiger partial charge is 0.410 e. The van der Waals surface area contributed by atoms with Gasteiger partial charge in [-0.2, -0.15) is 0 Å². The Labute approximate surface area is 209 Å². The fraction of sp³-hybridized carbons (Fsp3) is 0.609. The molecule has 10 nitrogen and oxygen atoms in total. The third-order valence-corrected chi connectivity index (χ3v) is 9.58. The zero-order valence-electron chi connectivity index (χ0n) is 19.4. The minimum Gasteiger partial charge on any atom is -0.445 e. The van der Waals surface area contributed by atoms with Gasteiger partial charge in [-0.1, -0.05) is 37.1 Å². The molecule has 3 N–H and O–H groups in total. The predicted octanol–water partition coefficient (Wildman–Crippen LogP) is 1.42. The summed E-state index contributed by atoms with van der Waals surface area (Å²) in [7, 11) is -3.71. The Balaban J connectivity index is 1.15. The van der Waals surface area contributed by atoms with E-state index in [-0.39, 0.29) is 12.3 Å². The fourth-order valence-corrected chi connectivity index (χ4v) is 6.64. The average molecular weight is 525 g/mol. The van der Waals surface area contributed by atoms with E-state index < -0.39 is 50.9 Å². The standard InChI is InChI=1S/C23H29ClN4O6S/c1-2-14-9-23(14,21(30)27-35(32,33)16-6-7-16)26-20(29)19-8-15(10-25-19)34-22(31)28-11-13-4-3-5-18(24)17(13)12-28/h3-5,14-16,19,25H,2,6-12H2,1H3,(H,26,29)(H,27,30)/t14-,15?,19?,23-/m1/s1. The van der Waals surface area contributed by atoms with Crippen molar-refractivity contribution in [2.75, 3.05) is 6.54 Å². The summed E-state index contributed by atoms with van der Waals surface area (Å²) in [5.74, 6) is -1.20. The van der Waals surface area contributed by atoms with Crippen molar-refractivity contribution in [2.45, 2.75) is 75.1 Å². The van der Waals surface area contributed by atoms with E-state index in [1.54, 1.807) is 11.0 Å². The monoisotopic (exact) mass is 524 g/mol. The molecule has 2 saturated carbocycles. The van der Waals surface area contributed by atoms with E-state index in [0.29, 0.717) is 50.3 Å². The molecule has 1 aromatic rings. The van der Waals surface area contributed by atoms with Gasteiger partial charge in [-0.15, -0.1) is 0 Å². The van der Waals surface area contributed by atoms with Gasteiger partial charge in [-0.25, -0.2) is 13.2 Å². The number of hydrogen-bond donors (Lipinski definition) is 3. The molecule has 1 aromatic carbocycles. The van der Waals surface area contributed by atoms with Gasteiger partial charge in [-0.05, 0) is 42.4 Å². The largest absolute Gasteiger partial charge is 0.445 e. The van der Waals surface area contributed by atoms with Crippen LogP contribution >= 0.6 is 11.6 Å². The number of nitrogens with one attached hydrogen (secondary N) is 3. The highest BCUT2D eigenvalue weighted by molar-refractivity contribution is 7.91. The van der Waals surface area contributed by atoms with E-state index in [0.717, 1.165) is 11.1 Å². The van der Waals surface area contributed by atoms with Crippen LogP contribution in [0, 0.1) is 5.92 Å². The number of rotatable bonds is 7. The van der Waals surface area contributed by atoms with E-state index in [1.165, 1.54) is 0 Å². The predicted molar refractivity (Wildman–Crippen MR) is 127 cm³/mol. The van der Waals surface area contributed by atoms with Gasteiger partial charge in [0, 0.05) is 24.5 Å². The second-order valence-electron chi connectivity index (χ2n) is 9.88. The Bertz CT molecular complexity index is 1170. The molecule has 0 radical (unpaired) electrons. The van der Waals surface area contributed by atoms with Crippen LogP contribution in [0.5, 0.6) is 0 Å². The first-order valence-corrected chi connectivity index (χ1v) is 13.9. The number of nitrogens with zero attached hydrogens (tertiary/aromatic N) is 1. The maximum Gasteiger partial charge on any atom is 0.410 e. The number of carbonyl (C=O) groups is 3. The van der Waals surface area contributed by atoms with Crippen molar-refractivity contribution in [1.29, 1.82) is 0 Å². The van der Waals surface area contributed by atoms with Gasteiger partial charge in [-0.3, -0.25) is 19.2 Å². The molecule has 5 rings (SSSR count). The molecule has 1 saturated heterocycles. The lowest BCUT2D eigenvalue weighted by atomic mass is 10.1. The molecule has 0 spiro atoms. The molecular weight excluding hydrogens is 496 g/mol. The van der Waals surface area contributed by atoms with Crippen molar-refractivity contribution in [1.82, 2.24) is 20.3 Å². The molecule has 35 heavy (non-hydrogen) atoms. The number of sulfonamides is 1. The van der Waals surface area contributed by atoms with Crippen LogP contribution in [-0.2, 0) is 37.4 Å². The topological polar surface area (TPSA) is 134 Å². The first-order chi connectivity index (χ1) is 16.6. The highest BCUT2D eigenvalue weighted by Gasteiger charge is 2.61. The third kappa shape index (κ3) is 4.73. The van der Waals surface area contributed by atoms with Gasteiger partial charge in [0.25, 0.3) is 5.91 Å². The highest BCUT2D eigenvalue weighted by atomic mass is 35.5. The summed E-state index contributed by atoms with van der Waals surface area (Å²) in [6.45, 7) is 2.99. The number of benzene rings is 1. The van der Waals surface area contributed by atoms with Crippen LogP contribution in [0.4, 0.5) is 4.79 Å². The molecule has 4 aliphatic rings. The van der Waals surface area contributed by atoms with Crippen molar-refractivity contribution in [3.8, 4) is 0 Å². The second kappa shape index (κ2) is 8.94. The molecule has 2 unspecified atom stereocenters. The quantitative estimate of drug-likeness (QED) is 0.491. The molecule has 4 atom stereocenters. The molecule has 3 amide bonds. The van der Waals surface area contributed by atoms with Gasteiger partial charge in [0.2, 0.25) is 15.9 Å². The average Bonchev–Trinajstić information content (AvgIpc) is 3.69. The van der Waals surface area contributed by atoms with Gasteiger partial charge in [0.15, 0.2) is 0 Å². The van der Waals surface area contributed by atoms with Crippen LogP contribution in [0.3, 0.4) is 0 Å². The van der Waals surface area contributed by atoms with Crippen molar-refractivity contribution in [2.24, 2.45) is 5.92 Å². The number of ether oxygens (including phenoxy) is 1. The molecule has 0 aromatic heterocycles. The molecule has 2 heterocycles. The van der Waals surface area contributed by atoms with E-state index in [1.807, 2.05) is 19.1 Å². The van der Waals surface area contributed by atoms with Gasteiger partial charge in [0.1, 0.15) is 11.6 Å². The maximum atomic E-state index is 13.0. The molecule has 0 bridgehead atoms. The molecule has 190 valence electrons. The van der Waals surface area contributed by atoms with Crippen LogP contribution in [0.25, 0.3) is 0 Å². The normalized spacial score (nSPS) is 29.4. The van der Waals surface area contributed by atoms with E-state index in [9.17, 15) is 22.8 Å². The zero-order valence-corrected chi connectivity index (χ0v) is 21.0. The Morgan fingerprint density at radius 3 is 2.69 bits per heavy atom. The van der Waals surface area contributed by atoms with Crippen LogP contribution in [0.15, 0.2) is 18.2 Å². The first kappa shape index (κ1) is 24.3. The maximum absolute atomic E-state index is 13.0. The van der Waals surface area contributed by atoms with Crippen molar-refractivity contribution in [3.05, 3.63) is 34.3 Å². The molecule has 12 heteroatoms. The summed E-state index contributed by atoms with van der Waals surface area (Å²) < 4.78 is 32.3. The molecular formula is C23H29ClN4O6S. The summed E-state index contributed by atoms with van der Waals surface area (Å²) in [6, 6.07) is 4.91. The van der Waals surface area contributed by atoms with Crippen molar-refractivity contribution < 1.29 is 27.5 Å². The van der Waals surface area contributed by atoms with E-state index in [4.69, 9.17) is 16.3 Å². The Morgan fingerprint density at radius 1 is 1.26 bits per heavy atom. The number of hydrogen-bond acceptors (Lipinski definition) is 7. The molecule has 3 fully saturated rings. The first-order valence-electron chi connectivity index (χ1n) is 12.0. The zero-order chi connectivity index (χ0) is 25.0. The molecule has 2 aliphatic carbocycles. The minimum absolute atomic E-state index is 0.125. The van der Waals surface area contributed by atoms with Gasteiger partial charge < -0.3 is 15.4 Å². The lowest BCUT2D eigenvalue weighted by molar-refractivity contribution is -0.130. The lowest BCUT2D eigenvalue weighted by Crippen LogP contribution is -2.55. The summed E-state index contributed by atoms with van der Waals surface area (Å²) in [6.07, 6.45) is 1.40.